The van der Waals surface area contributed by atoms with Crippen molar-refractivity contribution in [1.82, 2.24) is 15.5 Å². The Labute approximate surface area is 92.4 Å². The number of piperidine rings is 1. The molecule has 0 aromatic rings. The highest BCUT2D eigenvalue weighted by Gasteiger charge is 2.24. The number of nitrogens with one attached hydrogen (secondary N) is 2. The Bertz CT molecular complexity index is 216. The van der Waals surface area contributed by atoms with Crippen molar-refractivity contribution in [1.29, 1.82) is 0 Å². The van der Waals surface area contributed by atoms with Crippen LogP contribution in [0.3, 0.4) is 0 Å². The number of likely N-dealkylation sites (N-methyl/N-ethyl adjacent to an activating group) is 1. The van der Waals surface area contributed by atoms with Crippen molar-refractivity contribution in [3.63, 3.8) is 0 Å². The van der Waals surface area contributed by atoms with E-state index in [1.165, 1.54) is 0 Å². The molecular weight excluding hydrogens is 190 g/mol. The summed E-state index contributed by atoms with van der Waals surface area (Å²) < 4.78 is 0. The van der Waals surface area contributed by atoms with Gasteiger partial charge in [0.05, 0.1) is 0 Å². The molecule has 0 aliphatic carbocycles. The quantitative estimate of drug-likeness (QED) is 0.687. The summed E-state index contributed by atoms with van der Waals surface area (Å²) in [4.78, 5) is 13.7. The van der Waals surface area contributed by atoms with Crippen LogP contribution >= 0.6 is 0 Å². The minimum atomic E-state index is -0.159. The standard InChI is InChI=1S/C11H23N3O/c1-11(2,3)13-10(15)14(4)9-6-5-7-12-8-9/h9,12H,5-8H2,1-4H3,(H,13,15). The molecule has 1 saturated heterocycles. The first kappa shape index (κ1) is 12.3. The van der Waals surface area contributed by atoms with Crippen molar-refractivity contribution in [3.8, 4) is 0 Å². The number of carbonyl (C=O) groups is 1. The fraction of sp³-hybridized carbons (Fsp3) is 0.909. The minimum absolute atomic E-state index is 0.0243. The predicted molar refractivity (Wildman–Crippen MR) is 61.9 cm³/mol. The molecular formula is C11H23N3O. The minimum Gasteiger partial charge on any atom is -0.333 e. The van der Waals surface area contributed by atoms with Crippen LogP contribution in [0.1, 0.15) is 33.6 Å². The van der Waals surface area contributed by atoms with Gasteiger partial charge in [-0.15, -0.1) is 0 Å². The maximum absolute atomic E-state index is 11.8. The Hall–Kier alpha value is -0.770. The number of rotatable bonds is 1. The number of urea groups is 1. The average molecular weight is 213 g/mol. The van der Waals surface area contributed by atoms with Gasteiger partial charge in [-0.05, 0) is 40.2 Å². The first-order valence-corrected chi connectivity index (χ1v) is 5.66. The molecule has 1 unspecified atom stereocenters. The van der Waals surface area contributed by atoms with Crippen molar-refractivity contribution in [2.75, 3.05) is 20.1 Å². The lowest BCUT2D eigenvalue weighted by Gasteiger charge is -2.34. The zero-order valence-electron chi connectivity index (χ0n) is 10.3. The van der Waals surface area contributed by atoms with Crippen LogP contribution in [0.4, 0.5) is 4.79 Å². The third-order valence-corrected chi connectivity index (χ3v) is 2.62. The molecule has 1 rings (SSSR count). The monoisotopic (exact) mass is 213 g/mol. The SMILES string of the molecule is CN(C(=O)NC(C)(C)C)C1CCCNC1. The van der Waals surface area contributed by atoms with Gasteiger partial charge in [0.15, 0.2) is 0 Å². The van der Waals surface area contributed by atoms with Crippen LogP contribution in [-0.2, 0) is 0 Å². The molecule has 2 N–H and O–H groups in total. The summed E-state index contributed by atoms with van der Waals surface area (Å²) in [5.74, 6) is 0. The summed E-state index contributed by atoms with van der Waals surface area (Å²) in [6.45, 7) is 7.98. The maximum atomic E-state index is 11.8. The van der Waals surface area contributed by atoms with Crippen LogP contribution in [0.15, 0.2) is 0 Å². The number of hydrogen-bond acceptors (Lipinski definition) is 2. The predicted octanol–water partition coefficient (Wildman–Crippen LogP) is 1.18. The van der Waals surface area contributed by atoms with Crippen LogP contribution in [0.2, 0.25) is 0 Å². The van der Waals surface area contributed by atoms with Gasteiger partial charge in [0, 0.05) is 25.2 Å². The number of hydrogen-bond donors (Lipinski definition) is 2. The zero-order chi connectivity index (χ0) is 11.5. The summed E-state index contributed by atoms with van der Waals surface area (Å²) in [6.07, 6.45) is 2.25. The van der Waals surface area contributed by atoms with Crippen LogP contribution in [0.5, 0.6) is 0 Å². The topological polar surface area (TPSA) is 44.4 Å². The third kappa shape index (κ3) is 4.08. The van der Waals surface area contributed by atoms with Gasteiger partial charge in [0.2, 0.25) is 0 Å². The fourth-order valence-electron chi connectivity index (χ4n) is 1.74. The van der Waals surface area contributed by atoms with Crippen LogP contribution < -0.4 is 10.6 Å². The van der Waals surface area contributed by atoms with Crippen molar-refractivity contribution in [2.45, 2.75) is 45.2 Å². The molecule has 0 bridgehead atoms. The number of amides is 2. The van der Waals surface area contributed by atoms with E-state index in [0.29, 0.717) is 6.04 Å². The Morgan fingerprint density at radius 2 is 2.13 bits per heavy atom. The van der Waals surface area contributed by atoms with Gasteiger partial charge in [0.1, 0.15) is 0 Å². The van der Waals surface area contributed by atoms with Crippen molar-refractivity contribution in [2.24, 2.45) is 0 Å². The van der Waals surface area contributed by atoms with E-state index >= 15 is 0 Å². The zero-order valence-corrected chi connectivity index (χ0v) is 10.3. The largest absolute Gasteiger partial charge is 0.333 e. The molecule has 0 aromatic heterocycles. The van der Waals surface area contributed by atoms with Crippen LogP contribution in [0.25, 0.3) is 0 Å². The van der Waals surface area contributed by atoms with E-state index in [1.807, 2.05) is 32.7 Å². The van der Waals surface area contributed by atoms with E-state index in [0.717, 1.165) is 25.9 Å². The molecule has 88 valence electrons. The Morgan fingerprint density at radius 3 is 2.60 bits per heavy atom. The Balaban J connectivity index is 2.44. The maximum Gasteiger partial charge on any atom is 0.317 e. The lowest BCUT2D eigenvalue weighted by atomic mass is 10.1. The second-order valence-corrected chi connectivity index (χ2v) is 5.29. The molecule has 0 aromatic carbocycles. The number of nitrogens with zero attached hydrogens (tertiary/aromatic N) is 1. The first-order valence-electron chi connectivity index (χ1n) is 5.66. The van der Waals surface area contributed by atoms with E-state index in [2.05, 4.69) is 10.6 Å². The summed E-state index contributed by atoms with van der Waals surface area (Å²) >= 11 is 0. The van der Waals surface area contributed by atoms with Crippen molar-refractivity contribution in [3.05, 3.63) is 0 Å². The molecule has 15 heavy (non-hydrogen) atoms. The smallest absolute Gasteiger partial charge is 0.317 e. The van der Waals surface area contributed by atoms with E-state index in [1.54, 1.807) is 0 Å². The second kappa shape index (κ2) is 4.84. The molecule has 1 fully saturated rings. The highest BCUT2D eigenvalue weighted by atomic mass is 16.2. The molecule has 1 aliphatic heterocycles. The van der Waals surface area contributed by atoms with E-state index < -0.39 is 0 Å². The molecule has 0 radical (unpaired) electrons. The van der Waals surface area contributed by atoms with E-state index in [-0.39, 0.29) is 11.6 Å². The molecule has 1 heterocycles. The van der Waals surface area contributed by atoms with Crippen LogP contribution in [0, 0.1) is 0 Å². The summed E-state index contributed by atoms with van der Waals surface area (Å²) in [5.41, 5.74) is -0.159. The first-order chi connectivity index (χ1) is 6.90. The average Bonchev–Trinajstić information content (AvgIpc) is 2.15. The Kier molecular flexibility index (Phi) is 3.97. The third-order valence-electron chi connectivity index (χ3n) is 2.62. The van der Waals surface area contributed by atoms with Gasteiger partial charge in [-0.2, -0.15) is 0 Å². The highest BCUT2D eigenvalue weighted by Crippen LogP contribution is 2.09. The fourth-order valence-corrected chi connectivity index (χ4v) is 1.74. The molecule has 0 spiro atoms. The normalized spacial score (nSPS) is 22.3. The molecule has 1 aliphatic rings. The molecule has 1 atom stereocenters. The van der Waals surface area contributed by atoms with E-state index in [4.69, 9.17) is 0 Å². The molecule has 4 nitrogen and oxygen atoms in total. The van der Waals surface area contributed by atoms with Gasteiger partial charge in [-0.25, -0.2) is 4.79 Å². The molecule has 2 amide bonds. The van der Waals surface area contributed by atoms with Gasteiger partial charge < -0.3 is 15.5 Å². The van der Waals surface area contributed by atoms with Crippen molar-refractivity contribution >= 4 is 6.03 Å². The summed E-state index contributed by atoms with van der Waals surface area (Å²) in [7, 11) is 1.87. The lowest BCUT2D eigenvalue weighted by Crippen LogP contribution is -2.53. The van der Waals surface area contributed by atoms with Gasteiger partial charge in [-0.1, -0.05) is 0 Å². The van der Waals surface area contributed by atoms with Gasteiger partial charge in [0.25, 0.3) is 0 Å². The summed E-state index contributed by atoms with van der Waals surface area (Å²) in [6, 6.07) is 0.359. The second-order valence-electron chi connectivity index (χ2n) is 5.29. The molecule has 4 heteroatoms. The number of carbonyl (C=O) groups excluding carboxylic acids is 1. The van der Waals surface area contributed by atoms with Crippen LogP contribution in [-0.4, -0.2) is 42.6 Å². The van der Waals surface area contributed by atoms with Gasteiger partial charge >= 0.3 is 6.03 Å². The molecule has 0 saturated carbocycles. The lowest BCUT2D eigenvalue weighted by molar-refractivity contribution is 0.170. The highest BCUT2D eigenvalue weighted by molar-refractivity contribution is 5.75. The van der Waals surface area contributed by atoms with Crippen molar-refractivity contribution < 1.29 is 4.79 Å². The Morgan fingerprint density at radius 1 is 1.47 bits per heavy atom. The van der Waals surface area contributed by atoms with E-state index in [9.17, 15) is 4.79 Å². The summed E-state index contributed by atoms with van der Waals surface area (Å²) in [5, 5.41) is 6.29. The van der Waals surface area contributed by atoms with Gasteiger partial charge in [-0.3, -0.25) is 0 Å².